The third-order valence-corrected chi connectivity index (χ3v) is 4.28. The Morgan fingerprint density at radius 2 is 1.46 bits per heavy atom. The van der Waals surface area contributed by atoms with E-state index >= 15 is 0 Å². The molecule has 0 spiro atoms. The van der Waals surface area contributed by atoms with Crippen LogP contribution in [0.2, 0.25) is 10.0 Å². The molecule has 0 atom stereocenters. The molecule has 2 nitrogen and oxygen atoms in total. The van der Waals surface area contributed by atoms with E-state index in [2.05, 4.69) is 0 Å². The fourth-order valence-corrected chi connectivity index (χ4v) is 3.05. The van der Waals surface area contributed by atoms with Crippen molar-refractivity contribution >= 4 is 46.3 Å². The molecule has 0 aliphatic rings. The summed E-state index contributed by atoms with van der Waals surface area (Å²) in [5.74, 6) is 0.495. The highest BCUT2D eigenvalue weighted by atomic mass is 35.5. The van der Waals surface area contributed by atoms with Crippen LogP contribution in [0, 0.1) is 5.41 Å². The average molecular weight is 356 g/mol. The van der Waals surface area contributed by atoms with Crippen LogP contribution in [-0.4, -0.2) is 12.8 Å². The summed E-state index contributed by atoms with van der Waals surface area (Å²) in [6.07, 6.45) is 5.30. The molecule has 0 unspecified atom stereocenters. The highest BCUT2D eigenvalue weighted by Crippen LogP contribution is 2.32. The standard InChI is InChI=1S/C20H15Cl2NO/c21-18-8-3-9-19(22)20(18)24-12-4-5-14-10-11-15(13-23)17-7-2-1-6-16(14)17/h1-11,13,23H,12H2/b5-4+,23-13?. The van der Waals surface area contributed by atoms with Gasteiger partial charge in [0.25, 0.3) is 0 Å². The average Bonchev–Trinajstić information content (AvgIpc) is 2.60. The van der Waals surface area contributed by atoms with E-state index in [9.17, 15) is 0 Å². The van der Waals surface area contributed by atoms with Crippen LogP contribution in [0.1, 0.15) is 11.1 Å². The van der Waals surface area contributed by atoms with Crippen LogP contribution in [0.5, 0.6) is 5.75 Å². The van der Waals surface area contributed by atoms with Crippen molar-refractivity contribution in [2.75, 3.05) is 6.61 Å². The Morgan fingerprint density at radius 1 is 0.833 bits per heavy atom. The van der Waals surface area contributed by atoms with Crippen molar-refractivity contribution in [1.82, 2.24) is 0 Å². The van der Waals surface area contributed by atoms with Crippen LogP contribution >= 0.6 is 23.2 Å². The molecule has 0 aromatic heterocycles. The van der Waals surface area contributed by atoms with Crippen molar-refractivity contribution in [1.29, 1.82) is 5.41 Å². The zero-order valence-corrected chi connectivity index (χ0v) is 14.3. The normalized spacial score (nSPS) is 11.1. The van der Waals surface area contributed by atoms with E-state index in [1.807, 2.05) is 48.6 Å². The number of fused-ring (bicyclic) bond motifs is 1. The van der Waals surface area contributed by atoms with Gasteiger partial charge in [-0.1, -0.05) is 71.7 Å². The number of para-hydroxylation sites is 1. The second-order valence-corrected chi connectivity index (χ2v) is 6.01. The lowest BCUT2D eigenvalue weighted by atomic mass is 10.00. The van der Waals surface area contributed by atoms with Gasteiger partial charge in [-0.05, 0) is 40.1 Å². The predicted molar refractivity (Wildman–Crippen MR) is 103 cm³/mol. The van der Waals surface area contributed by atoms with Gasteiger partial charge in [-0.15, -0.1) is 0 Å². The molecule has 0 saturated carbocycles. The second kappa shape index (κ2) is 7.52. The molecule has 0 saturated heterocycles. The molecule has 3 aromatic rings. The number of halogens is 2. The molecule has 0 radical (unpaired) electrons. The summed E-state index contributed by atoms with van der Waals surface area (Å²) >= 11 is 12.2. The van der Waals surface area contributed by atoms with Crippen molar-refractivity contribution in [3.63, 3.8) is 0 Å². The summed E-state index contributed by atoms with van der Waals surface area (Å²) < 4.78 is 5.66. The first kappa shape index (κ1) is 16.6. The Morgan fingerprint density at radius 3 is 2.12 bits per heavy atom. The molecule has 0 fully saturated rings. The van der Waals surface area contributed by atoms with Gasteiger partial charge < -0.3 is 10.1 Å². The first-order valence-corrected chi connectivity index (χ1v) is 8.22. The predicted octanol–water partition coefficient (Wildman–Crippen LogP) is 6.24. The Balaban J connectivity index is 1.80. The number of hydrogen-bond donors (Lipinski definition) is 1. The molecule has 4 heteroatoms. The monoisotopic (exact) mass is 355 g/mol. The largest absolute Gasteiger partial charge is 0.486 e. The topological polar surface area (TPSA) is 33.1 Å². The van der Waals surface area contributed by atoms with Gasteiger partial charge in [0.05, 0.1) is 10.0 Å². The van der Waals surface area contributed by atoms with E-state index in [0.717, 1.165) is 21.9 Å². The van der Waals surface area contributed by atoms with Crippen LogP contribution in [0.4, 0.5) is 0 Å². The van der Waals surface area contributed by atoms with Gasteiger partial charge >= 0.3 is 0 Å². The fraction of sp³-hybridized carbons (Fsp3) is 0.0500. The zero-order valence-electron chi connectivity index (χ0n) is 12.8. The van der Waals surface area contributed by atoms with E-state index < -0.39 is 0 Å². The number of ether oxygens (including phenoxy) is 1. The van der Waals surface area contributed by atoms with Gasteiger partial charge in [0.2, 0.25) is 0 Å². The lowest BCUT2D eigenvalue weighted by molar-refractivity contribution is 0.364. The van der Waals surface area contributed by atoms with Crippen LogP contribution in [-0.2, 0) is 0 Å². The van der Waals surface area contributed by atoms with Crippen molar-refractivity contribution in [3.8, 4) is 5.75 Å². The molecular weight excluding hydrogens is 341 g/mol. The molecule has 0 heterocycles. The summed E-state index contributed by atoms with van der Waals surface area (Å²) in [5, 5.41) is 10.7. The molecule has 3 aromatic carbocycles. The number of nitrogens with one attached hydrogen (secondary N) is 1. The van der Waals surface area contributed by atoms with Crippen molar-refractivity contribution in [2.45, 2.75) is 0 Å². The number of benzene rings is 3. The molecule has 3 rings (SSSR count). The molecule has 0 bridgehead atoms. The van der Waals surface area contributed by atoms with Crippen LogP contribution < -0.4 is 4.74 Å². The first-order valence-electron chi connectivity index (χ1n) is 7.46. The Kier molecular flexibility index (Phi) is 5.19. The van der Waals surface area contributed by atoms with E-state index in [1.54, 1.807) is 18.2 Å². The minimum Gasteiger partial charge on any atom is -0.486 e. The minimum atomic E-state index is 0.365. The molecule has 0 aliphatic heterocycles. The van der Waals surface area contributed by atoms with E-state index in [4.69, 9.17) is 33.3 Å². The Hall–Kier alpha value is -2.29. The van der Waals surface area contributed by atoms with Gasteiger partial charge in [0.15, 0.2) is 5.75 Å². The van der Waals surface area contributed by atoms with Crippen LogP contribution in [0.15, 0.2) is 60.7 Å². The molecule has 1 N–H and O–H groups in total. The summed E-state index contributed by atoms with van der Waals surface area (Å²) in [5.41, 5.74) is 1.98. The summed E-state index contributed by atoms with van der Waals surface area (Å²) in [6, 6.07) is 17.3. The molecular formula is C20H15Cl2NO. The second-order valence-electron chi connectivity index (χ2n) is 5.20. The molecule has 0 amide bonds. The summed E-state index contributed by atoms with van der Waals surface area (Å²) in [6.45, 7) is 0.365. The van der Waals surface area contributed by atoms with Gasteiger partial charge in [-0.2, -0.15) is 0 Å². The maximum absolute atomic E-state index is 7.51. The minimum absolute atomic E-state index is 0.365. The van der Waals surface area contributed by atoms with Crippen LogP contribution in [0.3, 0.4) is 0 Å². The Bertz CT molecular complexity index is 898. The SMILES string of the molecule is N=Cc1ccc(/C=C/COc2c(Cl)cccc2Cl)c2ccccc12. The highest BCUT2D eigenvalue weighted by molar-refractivity contribution is 6.37. The Labute approximate surface area is 150 Å². The van der Waals surface area contributed by atoms with E-state index in [-0.39, 0.29) is 0 Å². The zero-order chi connectivity index (χ0) is 16.9. The lowest BCUT2D eigenvalue weighted by Gasteiger charge is -2.08. The van der Waals surface area contributed by atoms with Crippen LogP contribution in [0.25, 0.3) is 16.8 Å². The molecule has 0 aliphatic carbocycles. The van der Waals surface area contributed by atoms with E-state index in [0.29, 0.717) is 22.4 Å². The summed E-state index contributed by atoms with van der Waals surface area (Å²) in [7, 11) is 0. The van der Waals surface area contributed by atoms with Crippen molar-refractivity contribution in [2.24, 2.45) is 0 Å². The number of hydrogen-bond acceptors (Lipinski definition) is 2. The third kappa shape index (κ3) is 3.45. The summed E-state index contributed by atoms with van der Waals surface area (Å²) in [4.78, 5) is 0. The molecule has 120 valence electrons. The maximum Gasteiger partial charge on any atom is 0.156 e. The van der Waals surface area contributed by atoms with Gasteiger partial charge in [-0.3, -0.25) is 0 Å². The van der Waals surface area contributed by atoms with Crippen molar-refractivity contribution in [3.05, 3.63) is 81.8 Å². The molecule has 24 heavy (non-hydrogen) atoms. The lowest BCUT2D eigenvalue weighted by Crippen LogP contribution is -1.95. The van der Waals surface area contributed by atoms with Gasteiger partial charge in [-0.25, -0.2) is 0 Å². The highest BCUT2D eigenvalue weighted by Gasteiger charge is 2.05. The smallest absolute Gasteiger partial charge is 0.156 e. The first-order chi connectivity index (χ1) is 11.7. The van der Waals surface area contributed by atoms with Crippen molar-refractivity contribution < 1.29 is 4.74 Å². The fourth-order valence-electron chi connectivity index (χ4n) is 2.54. The van der Waals surface area contributed by atoms with Gasteiger partial charge in [0.1, 0.15) is 6.61 Å². The van der Waals surface area contributed by atoms with E-state index in [1.165, 1.54) is 6.21 Å². The van der Waals surface area contributed by atoms with Gasteiger partial charge in [0, 0.05) is 6.21 Å². The quantitative estimate of drug-likeness (QED) is 0.540. The maximum atomic E-state index is 7.51. The number of rotatable bonds is 5. The third-order valence-electron chi connectivity index (χ3n) is 3.69.